The van der Waals surface area contributed by atoms with Crippen LogP contribution in [-0.2, 0) is 38.0 Å². The number of esters is 4. The van der Waals surface area contributed by atoms with Crippen molar-refractivity contribution in [3.05, 3.63) is 68.6 Å². The first-order chi connectivity index (χ1) is 21.8. The maximum atomic E-state index is 13.4. The largest absolute Gasteiger partial charge is 0.459 e. The number of halogens is 2. The van der Waals surface area contributed by atoms with Crippen molar-refractivity contribution in [1.29, 1.82) is 0 Å². The third-order valence-corrected chi connectivity index (χ3v) is 9.30. The average Bonchev–Trinajstić information content (AvgIpc) is 2.99. The minimum atomic E-state index is -1.34. The van der Waals surface area contributed by atoms with Crippen molar-refractivity contribution in [3.8, 4) is 0 Å². The van der Waals surface area contributed by atoms with Crippen LogP contribution in [0.3, 0.4) is 0 Å². The molecule has 0 aromatic heterocycles. The van der Waals surface area contributed by atoms with Gasteiger partial charge in [-0.3, -0.25) is 9.59 Å². The molecule has 2 aromatic carbocycles. The Morgan fingerprint density at radius 3 is 1.87 bits per heavy atom. The monoisotopic (exact) mass is 766 g/mol. The fourth-order valence-corrected chi connectivity index (χ4v) is 6.48. The van der Waals surface area contributed by atoms with E-state index in [0.29, 0.717) is 17.4 Å². The molecule has 1 aliphatic heterocycles. The Morgan fingerprint density at radius 1 is 0.783 bits per heavy atom. The molecule has 1 heterocycles. The minimum Gasteiger partial charge on any atom is -0.459 e. The molecule has 46 heavy (non-hydrogen) atoms. The van der Waals surface area contributed by atoms with Crippen molar-refractivity contribution in [3.63, 3.8) is 0 Å². The molecule has 0 bridgehead atoms. The lowest BCUT2D eigenvalue weighted by Gasteiger charge is -2.46. The predicted octanol–water partition coefficient (Wildman–Crippen LogP) is 6.66. The van der Waals surface area contributed by atoms with E-state index in [0.717, 1.165) is 28.2 Å². The number of benzene rings is 2. The molecule has 1 saturated carbocycles. The number of carbonyl (C=O) groups is 4. The van der Waals surface area contributed by atoms with Crippen LogP contribution in [0, 0.1) is 17.8 Å². The van der Waals surface area contributed by atoms with Gasteiger partial charge in [0.2, 0.25) is 0 Å². The zero-order valence-electron chi connectivity index (χ0n) is 26.5. The van der Waals surface area contributed by atoms with E-state index in [-0.39, 0.29) is 24.2 Å². The lowest BCUT2D eigenvalue weighted by atomic mass is 9.75. The van der Waals surface area contributed by atoms with Gasteiger partial charge in [0.05, 0.1) is 17.2 Å². The van der Waals surface area contributed by atoms with Gasteiger partial charge >= 0.3 is 23.9 Å². The Balaban J connectivity index is 1.70. The van der Waals surface area contributed by atoms with Crippen LogP contribution in [0.1, 0.15) is 74.6 Å². The molecule has 2 aliphatic rings. The molecule has 250 valence electrons. The summed E-state index contributed by atoms with van der Waals surface area (Å²) in [5.74, 6) is -1.86. The molecule has 8 atom stereocenters. The summed E-state index contributed by atoms with van der Waals surface area (Å²) in [6.45, 7) is 8.45. The van der Waals surface area contributed by atoms with E-state index >= 15 is 0 Å². The van der Waals surface area contributed by atoms with Gasteiger partial charge in [0.1, 0.15) is 12.7 Å². The van der Waals surface area contributed by atoms with Gasteiger partial charge in [-0.15, -0.1) is 0 Å². The average molecular weight is 768 g/mol. The molecular weight excluding hydrogens is 728 g/mol. The summed E-state index contributed by atoms with van der Waals surface area (Å²) < 4.78 is 37.5. The van der Waals surface area contributed by atoms with E-state index in [4.69, 9.17) is 28.4 Å². The molecule has 2 fully saturated rings. The van der Waals surface area contributed by atoms with Gasteiger partial charge < -0.3 is 28.4 Å². The van der Waals surface area contributed by atoms with Gasteiger partial charge in [-0.05, 0) is 79.1 Å². The molecule has 1 aliphatic carbocycles. The van der Waals surface area contributed by atoms with Crippen LogP contribution in [0.15, 0.2) is 57.5 Å². The molecule has 0 spiro atoms. The second-order valence-corrected chi connectivity index (χ2v) is 14.0. The summed E-state index contributed by atoms with van der Waals surface area (Å²) in [6, 6.07) is 13.1. The van der Waals surface area contributed by atoms with Crippen LogP contribution in [-0.4, -0.2) is 67.3 Å². The van der Waals surface area contributed by atoms with E-state index in [1.807, 2.05) is 0 Å². The van der Waals surface area contributed by atoms with Gasteiger partial charge in [-0.1, -0.05) is 59.1 Å². The van der Waals surface area contributed by atoms with Crippen molar-refractivity contribution in [2.75, 3.05) is 6.61 Å². The van der Waals surface area contributed by atoms with E-state index < -0.39 is 54.6 Å². The Kier molecular flexibility index (Phi) is 12.8. The smallest absolute Gasteiger partial charge is 0.338 e. The molecule has 0 N–H and O–H groups in total. The Hall–Kier alpha value is -2.80. The third kappa shape index (κ3) is 9.62. The van der Waals surface area contributed by atoms with E-state index in [1.54, 1.807) is 48.5 Å². The first kappa shape index (κ1) is 36.0. The van der Waals surface area contributed by atoms with Crippen molar-refractivity contribution < 1.29 is 47.6 Å². The third-order valence-electron chi connectivity index (χ3n) is 8.25. The zero-order valence-corrected chi connectivity index (χ0v) is 29.7. The molecule has 0 unspecified atom stereocenters. The summed E-state index contributed by atoms with van der Waals surface area (Å²) in [5.41, 5.74) is 0.509. The van der Waals surface area contributed by atoms with Crippen molar-refractivity contribution >= 4 is 55.7 Å². The summed E-state index contributed by atoms with van der Waals surface area (Å²) in [5, 5.41) is 0. The van der Waals surface area contributed by atoms with Crippen molar-refractivity contribution in [2.45, 2.75) is 90.7 Å². The SMILES string of the molecule is CC(=O)O[C@H]1[C@@H](OC(=O)c2ccc(Br)cc2)[C@@H](COC(=O)c2ccc(Br)cc2)O[C@H](O[C@@H]2C[C@H](C)CC[C@H]2C(C)C)[C@@H]1OC(C)=O. The summed E-state index contributed by atoms with van der Waals surface area (Å²) in [7, 11) is 0. The quantitative estimate of drug-likeness (QED) is 0.192. The first-order valence-corrected chi connectivity index (χ1v) is 17.0. The maximum absolute atomic E-state index is 13.4. The number of rotatable bonds is 10. The number of hydrogen-bond acceptors (Lipinski definition) is 10. The zero-order chi connectivity index (χ0) is 33.5. The summed E-state index contributed by atoms with van der Waals surface area (Å²) in [6.07, 6.45) is -3.84. The lowest BCUT2D eigenvalue weighted by Crippen LogP contribution is -2.63. The number of carbonyl (C=O) groups excluding carboxylic acids is 4. The number of hydrogen-bond donors (Lipinski definition) is 0. The van der Waals surface area contributed by atoms with Crippen LogP contribution in [0.2, 0.25) is 0 Å². The van der Waals surface area contributed by atoms with Crippen molar-refractivity contribution in [2.24, 2.45) is 17.8 Å². The minimum absolute atomic E-state index is 0.201. The van der Waals surface area contributed by atoms with Crippen LogP contribution in [0.4, 0.5) is 0 Å². The predicted molar refractivity (Wildman–Crippen MR) is 174 cm³/mol. The molecule has 4 rings (SSSR count). The number of ether oxygens (including phenoxy) is 6. The fraction of sp³-hybridized carbons (Fsp3) is 0.529. The van der Waals surface area contributed by atoms with Crippen LogP contribution in [0.5, 0.6) is 0 Å². The molecule has 12 heteroatoms. The highest BCUT2D eigenvalue weighted by molar-refractivity contribution is 9.10. The van der Waals surface area contributed by atoms with Crippen LogP contribution >= 0.6 is 31.9 Å². The van der Waals surface area contributed by atoms with Gasteiger partial charge in [-0.25, -0.2) is 9.59 Å². The Bertz CT molecular complexity index is 1360. The fourth-order valence-electron chi connectivity index (χ4n) is 5.96. The standard InChI is InChI=1S/C34H40Br2O10/c1-18(2)26-15-6-19(3)16-27(26)44-34-31(43-21(5)38)30(42-20(4)37)29(46-33(40)23-9-13-25(36)14-10-23)28(45-34)17-41-32(39)22-7-11-24(35)12-8-22/h7-14,18-19,26-31,34H,6,15-17H2,1-5H3/t19-,26+,27-,28-,29+,30+,31-,34+/m1/s1. The topological polar surface area (TPSA) is 124 Å². The second-order valence-electron chi connectivity index (χ2n) is 12.2. The normalized spacial score (nSPS) is 27.8. The molecule has 10 nitrogen and oxygen atoms in total. The van der Waals surface area contributed by atoms with E-state index in [2.05, 4.69) is 52.6 Å². The van der Waals surface area contributed by atoms with Gasteiger partial charge in [0, 0.05) is 22.8 Å². The second kappa shape index (κ2) is 16.3. The highest BCUT2D eigenvalue weighted by atomic mass is 79.9. The van der Waals surface area contributed by atoms with Crippen LogP contribution < -0.4 is 0 Å². The highest BCUT2D eigenvalue weighted by Crippen LogP contribution is 2.39. The summed E-state index contributed by atoms with van der Waals surface area (Å²) >= 11 is 6.70. The molecular formula is C34H40Br2O10. The highest BCUT2D eigenvalue weighted by Gasteiger charge is 2.54. The maximum Gasteiger partial charge on any atom is 0.338 e. The molecule has 1 saturated heterocycles. The molecule has 0 radical (unpaired) electrons. The molecule has 2 aromatic rings. The van der Waals surface area contributed by atoms with E-state index in [1.165, 1.54) is 13.8 Å². The Morgan fingerprint density at radius 2 is 1.33 bits per heavy atom. The van der Waals surface area contributed by atoms with Gasteiger partial charge in [0.25, 0.3) is 0 Å². The molecule has 0 amide bonds. The first-order valence-electron chi connectivity index (χ1n) is 15.4. The Labute approximate surface area is 286 Å². The summed E-state index contributed by atoms with van der Waals surface area (Å²) in [4.78, 5) is 51.3. The lowest BCUT2D eigenvalue weighted by molar-refractivity contribution is -0.321. The van der Waals surface area contributed by atoms with Crippen LogP contribution in [0.25, 0.3) is 0 Å². The van der Waals surface area contributed by atoms with Crippen molar-refractivity contribution in [1.82, 2.24) is 0 Å². The van der Waals surface area contributed by atoms with E-state index in [9.17, 15) is 19.2 Å². The van der Waals surface area contributed by atoms with Gasteiger partial charge in [0.15, 0.2) is 24.6 Å². The van der Waals surface area contributed by atoms with Gasteiger partial charge in [-0.2, -0.15) is 0 Å².